The van der Waals surface area contributed by atoms with Crippen molar-refractivity contribution < 1.29 is 22.0 Å². The Morgan fingerprint density at radius 3 is 2.24 bits per heavy atom. The van der Waals surface area contributed by atoms with Gasteiger partial charge >= 0.3 is 0 Å². The van der Waals surface area contributed by atoms with Crippen molar-refractivity contribution in [3.05, 3.63) is 58.9 Å². The molecule has 0 aliphatic heterocycles. The first kappa shape index (κ1) is 16.3. The van der Waals surface area contributed by atoms with E-state index in [4.69, 9.17) is 0 Å². The average Bonchev–Trinajstić information content (AvgIpc) is 3.17. The summed E-state index contributed by atoms with van der Waals surface area (Å²) in [5, 5.41) is 8.20. The molecule has 10 heteroatoms. The topological polar surface area (TPSA) is 30.2 Å². The van der Waals surface area contributed by atoms with Gasteiger partial charge < -0.3 is 0 Å². The van der Waals surface area contributed by atoms with E-state index in [0.29, 0.717) is 10.1 Å². The van der Waals surface area contributed by atoms with Crippen LogP contribution in [0, 0.1) is 29.1 Å². The lowest BCUT2D eigenvalue weighted by atomic mass is 10.2. The molecule has 0 aliphatic carbocycles. The number of thiazole rings is 1. The fraction of sp³-hybridized carbons (Fsp3) is 0.0667. The second-order valence-corrected chi connectivity index (χ2v) is 6.96. The number of para-hydroxylation sites is 1. The fourth-order valence-electron chi connectivity index (χ4n) is 2.36. The van der Waals surface area contributed by atoms with Crippen molar-refractivity contribution in [1.29, 1.82) is 0 Å². The van der Waals surface area contributed by atoms with Crippen LogP contribution in [0.25, 0.3) is 15.2 Å². The second-order valence-electron chi connectivity index (χ2n) is 5.01. The summed E-state index contributed by atoms with van der Waals surface area (Å²) in [5.74, 6) is -10.2. The minimum atomic E-state index is -2.17. The van der Waals surface area contributed by atoms with E-state index in [1.807, 2.05) is 24.3 Å². The summed E-state index contributed by atoms with van der Waals surface area (Å²) in [4.78, 5) is 0.570. The molecule has 0 radical (unpaired) electrons. The number of hydrogen-bond donors (Lipinski definition) is 0. The third-order valence-electron chi connectivity index (χ3n) is 3.56. The number of fused-ring (bicyclic) bond motifs is 3. The van der Waals surface area contributed by atoms with E-state index in [9.17, 15) is 22.0 Å². The molecule has 0 N–H and O–H groups in total. The van der Waals surface area contributed by atoms with Crippen molar-refractivity contribution in [1.82, 2.24) is 14.6 Å². The molecule has 0 amide bonds. The molecular weight excluding hydrogens is 381 g/mol. The van der Waals surface area contributed by atoms with E-state index in [-0.39, 0.29) is 0 Å². The molecule has 2 heterocycles. The average molecular weight is 387 g/mol. The standard InChI is InChI=1S/C15H6F5N3S2/c16-9-6(10(17)12(19)13(20)11(9)18)5-24-14-21-22-15-23(14)7-3-1-2-4-8(7)25-15/h1-4H,5H2. The molecule has 25 heavy (non-hydrogen) atoms. The predicted molar refractivity (Wildman–Crippen MR) is 84.2 cm³/mol. The SMILES string of the molecule is Fc1c(F)c(F)c(CSc2nnc3sc4ccccc4n23)c(F)c1F. The molecule has 0 fully saturated rings. The van der Waals surface area contributed by atoms with Gasteiger partial charge in [0.15, 0.2) is 28.4 Å². The van der Waals surface area contributed by atoms with Gasteiger partial charge in [0.2, 0.25) is 10.8 Å². The Hall–Kier alpha value is -2.20. The van der Waals surface area contributed by atoms with Crippen molar-refractivity contribution >= 4 is 38.3 Å². The van der Waals surface area contributed by atoms with Crippen LogP contribution in [0.5, 0.6) is 0 Å². The van der Waals surface area contributed by atoms with E-state index in [2.05, 4.69) is 10.2 Å². The molecule has 0 saturated heterocycles. The van der Waals surface area contributed by atoms with Gasteiger partial charge in [-0.25, -0.2) is 22.0 Å². The number of nitrogens with zero attached hydrogens (tertiary/aromatic N) is 3. The van der Waals surface area contributed by atoms with Gasteiger partial charge in [-0.2, -0.15) is 0 Å². The maximum absolute atomic E-state index is 13.8. The van der Waals surface area contributed by atoms with Crippen LogP contribution in [0.2, 0.25) is 0 Å². The van der Waals surface area contributed by atoms with Crippen LogP contribution in [0.4, 0.5) is 22.0 Å². The summed E-state index contributed by atoms with van der Waals surface area (Å²) in [6, 6.07) is 7.37. The Kier molecular flexibility index (Phi) is 3.88. The molecule has 0 atom stereocenters. The normalized spacial score (nSPS) is 11.7. The van der Waals surface area contributed by atoms with Crippen LogP contribution >= 0.6 is 23.1 Å². The van der Waals surface area contributed by atoms with Crippen molar-refractivity contribution in [3.63, 3.8) is 0 Å². The Morgan fingerprint density at radius 2 is 1.52 bits per heavy atom. The van der Waals surface area contributed by atoms with Gasteiger partial charge in [-0.05, 0) is 12.1 Å². The molecule has 0 aliphatic rings. The predicted octanol–water partition coefficient (Wildman–Crippen LogP) is 4.93. The first-order valence-electron chi connectivity index (χ1n) is 6.84. The van der Waals surface area contributed by atoms with E-state index in [1.54, 1.807) is 4.40 Å². The molecule has 0 saturated carbocycles. The zero-order valence-corrected chi connectivity index (χ0v) is 13.7. The summed E-state index contributed by atoms with van der Waals surface area (Å²) >= 11 is 2.22. The fourth-order valence-corrected chi connectivity index (χ4v) is 4.32. The van der Waals surface area contributed by atoms with Crippen LogP contribution in [-0.4, -0.2) is 14.6 Å². The van der Waals surface area contributed by atoms with Crippen LogP contribution in [0.1, 0.15) is 5.56 Å². The quantitative estimate of drug-likeness (QED) is 0.216. The minimum Gasteiger partial charge on any atom is -0.260 e. The molecule has 0 bridgehead atoms. The third-order valence-corrected chi connectivity index (χ3v) is 5.52. The number of benzene rings is 2. The van der Waals surface area contributed by atoms with Crippen molar-refractivity contribution in [3.8, 4) is 0 Å². The lowest BCUT2D eigenvalue weighted by molar-refractivity contribution is 0.372. The van der Waals surface area contributed by atoms with Crippen LogP contribution in [0.3, 0.4) is 0 Å². The van der Waals surface area contributed by atoms with Gasteiger partial charge in [-0.1, -0.05) is 35.2 Å². The van der Waals surface area contributed by atoms with Crippen molar-refractivity contribution in [2.45, 2.75) is 10.9 Å². The third kappa shape index (κ3) is 2.47. The Balaban J connectivity index is 1.74. The molecule has 2 aromatic carbocycles. The molecule has 0 spiro atoms. The van der Waals surface area contributed by atoms with Crippen LogP contribution < -0.4 is 0 Å². The highest BCUT2D eigenvalue weighted by atomic mass is 32.2. The monoisotopic (exact) mass is 387 g/mol. The van der Waals surface area contributed by atoms with Gasteiger partial charge in [-0.15, -0.1) is 10.2 Å². The summed E-state index contributed by atoms with van der Waals surface area (Å²) < 4.78 is 69.8. The van der Waals surface area contributed by atoms with Gasteiger partial charge in [0.1, 0.15) is 0 Å². The first-order chi connectivity index (χ1) is 12.0. The summed E-state index contributed by atoms with van der Waals surface area (Å²) in [6.45, 7) is 0. The molecule has 0 unspecified atom stereocenters. The van der Waals surface area contributed by atoms with Crippen molar-refractivity contribution in [2.75, 3.05) is 0 Å². The van der Waals surface area contributed by atoms with Crippen LogP contribution in [0.15, 0.2) is 29.4 Å². The van der Waals surface area contributed by atoms with Crippen molar-refractivity contribution in [2.24, 2.45) is 0 Å². The Morgan fingerprint density at radius 1 is 0.880 bits per heavy atom. The summed E-state index contributed by atoms with van der Waals surface area (Å²) in [5.41, 5.74) is -0.0925. The van der Waals surface area contributed by atoms with E-state index < -0.39 is 40.4 Å². The zero-order valence-electron chi connectivity index (χ0n) is 12.1. The van der Waals surface area contributed by atoms with E-state index >= 15 is 0 Å². The highest BCUT2D eigenvalue weighted by molar-refractivity contribution is 7.98. The zero-order chi connectivity index (χ0) is 17.7. The van der Waals surface area contributed by atoms with Gasteiger partial charge in [0.25, 0.3) is 0 Å². The van der Waals surface area contributed by atoms with E-state index in [0.717, 1.165) is 22.0 Å². The van der Waals surface area contributed by atoms with Gasteiger partial charge in [0.05, 0.1) is 10.2 Å². The lowest BCUT2D eigenvalue weighted by Gasteiger charge is -2.07. The second kappa shape index (κ2) is 5.95. The van der Waals surface area contributed by atoms with E-state index in [1.165, 1.54) is 11.3 Å². The molecule has 4 aromatic rings. The van der Waals surface area contributed by atoms with Gasteiger partial charge in [-0.3, -0.25) is 4.40 Å². The maximum Gasteiger partial charge on any atom is 0.217 e. The Bertz CT molecular complexity index is 1090. The van der Waals surface area contributed by atoms with Crippen LogP contribution in [-0.2, 0) is 5.75 Å². The molecule has 4 rings (SSSR count). The van der Waals surface area contributed by atoms with Gasteiger partial charge in [0, 0.05) is 11.3 Å². The molecule has 2 aromatic heterocycles. The molecule has 3 nitrogen and oxygen atoms in total. The highest BCUT2D eigenvalue weighted by Crippen LogP contribution is 2.32. The molecular formula is C15H6F5N3S2. The first-order valence-corrected chi connectivity index (χ1v) is 8.65. The maximum atomic E-state index is 13.8. The highest BCUT2D eigenvalue weighted by Gasteiger charge is 2.26. The summed E-state index contributed by atoms with van der Waals surface area (Å²) in [7, 11) is 0. The smallest absolute Gasteiger partial charge is 0.217 e. The number of halogens is 5. The summed E-state index contributed by atoms with van der Waals surface area (Å²) in [6.07, 6.45) is 0. The lowest BCUT2D eigenvalue weighted by Crippen LogP contribution is -2.06. The number of aromatic nitrogens is 3. The number of hydrogen-bond acceptors (Lipinski definition) is 4. The largest absolute Gasteiger partial charge is 0.260 e. The Labute approximate surface area is 145 Å². The number of rotatable bonds is 3. The molecule has 128 valence electrons. The minimum absolute atomic E-state index is 0.302. The number of thioether (sulfide) groups is 1.